The van der Waals surface area contributed by atoms with Gasteiger partial charge in [-0.25, -0.2) is 9.36 Å². The zero-order valence-electron chi connectivity index (χ0n) is 9.44. The lowest BCUT2D eigenvalue weighted by molar-refractivity contribution is 0.488. The Balaban J connectivity index is 2.68. The predicted octanol–water partition coefficient (Wildman–Crippen LogP) is 2.39. The summed E-state index contributed by atoms with van der Waals surface area (Å²) in [5.74, 6) is -1.13. The molecule has 0 spiro atoms. The largest absolute Gasteiger partial charge is 0.330 e. The van der Waals surface area contributed by atoms with Gasteiger partial charge in [0.05, 0.1) is 6.04 Å². The highest BCUT2D eigenvalue weighted by Crippen LogP contribution is 2.23. The van der Waals surface area contributed by atoms with Crippen LogP contribution < -0.4 is 11.2 Å². The Morgan fingerprint density at radius 2 is 2.28 bits per heavy atom. The summed E-state index contributed by atoms with van der Waals surface area (Å²) in [6.45, 7) is 1.82. The lowest BCUT2D eigenvalue weighted by Gasteiger charge is -2.15. The highest BCUT2D eigenvalue weighted by Gasteiger charge is 2.20. The summed E-state index contributed by atoms with van der Waals surface area (Å²) in [5.41, 5.74) is -1.70. The van der Waals surface area contributed by atoms with E-state index < -0.39 is 28.3 Å². The Morgan fingerprint density at radius 3 is 2.83 bits per heavy atom. The molecule has 1 atom stereocenters. The van der Waals surface area contributed by atoms with Gasteiger partial charge in [-0.05, 0) is 17.9 Å². The minimum atomic E-state index is -1.13. The molecule has 0 saturated carbocycles. The normalized spacial score (nSPS) is 12.6. The van der Waals surface area contributed by atoms with Gasteiger partial charge in [0.15, 0.2) is 5.15 Å². The second-order valence-electron chi connectivity index (χ2n) is 3.67. The molecule has 96 valence electrons. The van der Waals surface area contributed by atoms with Gasteiger partial charge >= 0.3 is 5.69 Å². The molecule has 0 amide bonds. The molecule has 0 bridgehead atoms. The van der Waals surface area contributed by atoms with Crippen LogP contribution in [0.5, 0.6) is 0 Å². The third-order valence-electron chi connectivity index (χ3n) is 2.60. The quantitative estimate of drug-likeness (QED) is 0.882. The molecule has 2 aromatic rings. The fraction of sp³-hybridized carbons (Fsp3) is 0.273. The molecule has 4 nitrogen and oxygen atoms in total. The third kappa shape index (κ3) is 2.13. The predicted molar refractivity (Wildman–Crippen MR) is 69.0 cm³/mol. The van der Waals surface area contributed by atoms with E-state index in [2.05, 4.69) is 4.98 Å². The van der Waals surface area contributed by atoms with Crippen LogP contribution in [0.25, 0.3) is 0 Å². The smallest absolute Gasteiger partial charge is 0.295 e. The first-order chi connectivity index (χ1) is 8.56. The van der Waals surface area contributed by atoms with Crippen molar-refractivity contribution in [2.45, 2.75) is 19.4 Å². The van der Waals surface area contributed by atoms with E-state index in [4.69, 9.17) is 11.6 Å². The Morgan fingerprint density at radius 1 is 1.56 bits per heavy atom. The fourth-order valence-electron chi connectivity index (χ4n) is 1.78. The van der Waals surface area contributed by atoms with Crippen molar-refractivity contribution < 1.29 is 4.39 Å². The lowest BCUT2D eigenvalue weighted by Crippen LogP contribution is -2.39. The van der Waals surface area contributed by atoms with E-state index in [0.717, 1.165) is 9.44 Å². The van der Waals surface area contributed by atoms with Crippen molar-refractivity contribution in [2.24, 2.45) is 0 Å². The summed E-state index contributed by atoms with van der Waals surface area (Å²) in [6, 6.07) is 3.14. The maximum Gasteiger partial charge on any atom is 0.330 e. The first-order valence-corrected chi connectivity index (χ1v) is 6.55. The van der Waals surface area contributed by atoms with Gasteiger partial charge in [0.1, 0.15) is 0 Å². The molecule has 0 saturated heterocycles. The highest BCUT2D eigenvalue weighted by molar-refractivity contribution is 7.10. The van der Waals surface area contributed by atoms with Crippen molar-refractivity contribution >= 4 is 22.9 Å². The molecule has 2 heterocycles. The van der Waals surface area contributed by atoms with Crippen LogP contribution in [0.4, 0.5) is 4.39 Å². The number of hydrogen-bond donors (Lipinski definition) is 1. The summed E-state index contributed by atoms with van der Waals surface area (Å²) < 4.78 is 14.3. The molecule has 2 rings (SSSR count). The van der Waals surface area contributed by atoms with E-state index in [1.807, 2.05) is 18.4 Å². The number of aromatic amines is 1. The van der Waals surface area contributed by atoms with Gasteiger partial charge in [-0.15, -0.1) is 11.3 Å². The van der Waals surface area contributed by atoms with Crippen LogP contribution >= 0.6 is 22.9 Å². The van der Waals surface area contributed by atoms with E-state index in [1.165, 1.54) is 11.3 Å². The Hall–Kier alpha value is -1.40. The number of aromatic nitrogens is 2. The molecule has 0 aliphatic rings. The van der Waals surface area contributed by atoms with Gasteiger partial charge in [0.2, 0.25) is 5.82 Å². The second kappa shape index (κ2) is 5.07. The highest BCUT2D eigenvalue weighted by atomic mass is 35.5. The van der Waals surface area contributed by atoms with Crippen molar-refractivity contribution in [3.8, 4) is 0 Å². The van der Waals surface area contributed by atoms with Crippen molar-refractivity contribution in [2.75, 3.05) is 0 Å². The molecule has 0 aromatic carbocycles. The number of H-pyrrole nitrogens is 1. The number of thiophene rings is 1. The van der Waals surface area contributed by atoms with Crippen LogP contribution in [0.15, 0.2) is 27.1 Å². The minimum absolute atomic E-state index is 0.479. The topological polar surface area (TPSA) is 54.9 Å². The Bertz CT molecular complexity index is 663. The molecule has 18 heavy (non-hydrogen) atoms. The van der Waals surface area contributed by atoms with Crippen LogP contribution in [0.2, 0.25) is 5.15 Å². The molecule has 1 N–H and O–H groups in total. The van der Waals surface area contributed by atoms with Crippen LogP contribution in [-0.4, -0.2) is 9.55 Å². The van der Waals surface area contributed by atoms with E-state index in [9.17, 15) is 14.0 Å². The zero-order chi connectivity index (χ0) is 13.3. The van der Waals surface area contributed by atoms with E-state index in [-0.39, 0.29) is 0 Å². The second-order valence-corrected chi connectivity index (χ2v) is 5.03. The van der Waals surface area contributed by atoms with Crippen molar-refractivity contribution in [1.82, 2.24) is 9.55 Å². The monoisotopic (exact) mass is 288 g/mol. The summed E-state index contributed by atoms with van der Waals surface area (Å²) in [4.78, 5) is 26.5. The molecule has 0 aliphatic carbocycles. The molecule has 1 unspecified atom stereocenters. The van der Waals surface area contributed by atoms with Crippen LogP contribution in [0.3, 0.4) is 0 Å². The maximum absolute atomic E-state index is 13.5. The Kier molecular flexibility index (Phi) is 3.68. The average Bonchev–Trinajstić information content (AvgIpc) is 2.85. The summed E-state index contributed by atoms with van der Waals surface area (Å²) in [6.07, 6.45) is 0.505. The third-order valence-corrected chi connectivity index (χ3v) is 3.84. The molecule has 0 fully saturated rings. The van der Waals surface area contributed by atoms with Gasteiger partial charge in [-0.3, -0.25) is 9.78 Å². The fourth-order valence-corrected chi connectivity index (χ4v) is 2.84. The molecule has 2 aromatic heterocycles. The van der Waals surface area contributed by atoms with Gasteiger partial charge in [0, 0.05) is 4.88 Å². The van der Waals surface area contributed by atoms with Crippen molar-refractivity contribution in [3.05, 3.63) is 54.2 Å². The zero-order valence-corrected chi connectivity index (χ0v) is 11.0. The summed E-state index contributed by atoms with van der Waals surface area (Å²) in [5, 5.41) is 1.28. The lowest BCUT2D eigenvalue weighted by atomic mass is 10.2. The van der Waals surface area contributed by atoms with E-state index >= 15 is 0 Å². The summed E-state index contributed by atoms with van der Waals surface area (Å²) >= 11 is 6.83. The van der Waals surface area contributed by atoms with Gasteiger partial charge in [0.25, 0.3) is 5.56 Å². The van der Waals surface area contributed by atoms with Gasteiger partial charge in [-0.1, -0.05) is 24.6 Å². The summed E-state index contributed by atoms with van der Waals surface area (Å²) in [7, 11) is 0. The van der Waals surface area contributed by atoms with E-state index in [1.54, 1.807) is 6.07 Å². The van der Waals surface area contributed by atoms with Crippen molar-refractivity contribution in [1.29, 1.82) is 0 Å². The molecular weight excluding hydrogens is 279 g/mol. The van der Waals surface area contributed by atoms with Crippen molar-refractivity contribution in [3.63, 3.8) is 0 Å². The van der Waals surface area contributed by atoms with Gasteiger partial charge in [-0.2, -0.15) is 4.39 Å². The van der Waals surface area contributed by atoms with Crippen LogP contribution in [-0.2, 0) is 0 Å². The number of nitrogens with one attached hydrogen (secondary N) is 1. The maximum atomic E-state index is 13.5. The first-order valence-electron chi connectivity index (χ1n) is 5.29. The average molecular weight is 289 g/mol. The molecule has 0 radical (unpaired) electrons. The first kappa shape index (κ1) is 13.0. The van der Waals surface area contributed by atoms with E-state index in [0.29, 0.717) is 6.42 Å². The molecular formula is C11H10ClFN2O2S. The SMILES string of the molecule is CCC(c1cccs1)n1c(=O)[nH]c(Cl)c(F)c1=O. The number of halogens is 2. The van der Waals surface area contributed by atoms with Crippen LogP contribution in [0.1, 0.15) is 24.3 Å². The standard InChI is InChI=1S/C11H10ClFN2O2S/c1-2-6(7-4-3-5-18-7)15-10(16)8(13)9(12)14-11(15)17/h3-6H,2H2,1H3,(H,14,17). The molecule has 7 heteroatoms. The number of nitrogens with zero attached hydrogens (tertiary/aromatic N) is 1. The minimum Gasteiger partial charge on any atom is -0.295 e. The number of rotatable bonds is 3. The van der Waals surface area contributed by atoms with Crippen LogP contribution in [0, 0.1) is 5.82 Å². The number of hydrogen-bond acceptors (Lipinski definition) is 3. The molecule has 0 aliphatic heterocycles. The van der Waals surface area contributed by atoms with Gasteiger partial charge < -0.3 is 0 Å². The Labute approximate surface area is 111 Å².